The molecule has 0 amide bonds. The molecule has 2 nitrogen and oxygen atoms in total. The van der Waals surface area contributed by atoms with Crippen LogP contribution in [-0.4, -0.2) is 0 Å². The first-order chi connectivity index (χ1) is 28.5. The van der Waals surface area contributed by atoms with Crippen LogP contribution in [0.1, 0.15) is 25.0 Å². The Balaban J connectivity index is 1.17. The van der Waals surface area contributed by atoms with Crippen LogP contribution >= 0.6 is 11.3 Å². The average molecular weight is 760 g/mol. The number of benzene rings is 9. The van der Waals surface area contributed by atoms with Crippen molar-refractivity contribution >= 4 is 81.3 Å². The van der Waals surface area contributed by atoms with Gasteiger partial charge in [-0.25, -0.2) is 0 Å². The van der Waals surface area contributed by atoms with Gasteiger partial charge >= 0.3 is 0 Å². The molecule has 274 valence electrons. The fraction of sp³-hybridized carbons (Fsp3) is 0.0545. The number of nitrogens with zero attached hydrogens (tertiary/aromatic N) is 1. The lowest BCUT2D eigenvalue weighted by atomic mass is 9.82. The zero-order chi connectivity index (χ0) is 38.5. The smallest absolute Gasteiger partial charge is 0.144 e. The summed E-state index contributed by atoms with van der Waals surface area (Å²) in [7, 11) is 0. The number of hydrogen-bond donors (Lipinski definition) is 0. The van der Waals surface area contributed by atoms with Gasteiger partial charge in [0.1, 0.15) is 11.2 Å². The minimum atomic E-state index is -0.150. The zero-order valence-electron chi connectivity index (χ0n) is 32.2. The first kappa shape index (κ1) is 33.2. The van der Waals surface area contributed by atoms with Gasteiger partial charge in [-0.1, -0.05) is 159 Å². The third-order valence-corrected chi connectivity index (χ3v) is 13.7. The van der Waals surface area contributed by atoms with Crippen LogP contribution in [0.4, 0.5) is 17.1 Å². The molecular formula is C55H37NOS. The highest BCUT2D eigenvalue weighted by Gasteiger charge is 2.36. The first-order valence-electron chi connectivity index (χ1n) is 20.0. The van der Waals surface area contributed by atoms with E-state index < -0.39 is 0 Å². The fourth-order valence-corrected chi connectivity index (χ4v) is 11.0. The van der Waals surface area contributed by atoms with Crippen molar-refractivity contribution in [2.24, 2.45) is 0 Å². The molecule has 0 unspecified atom stereocenters. The Labute approximate surface area is 340 Å². The van der Waals surface area contributed by atoms with Crippen molar-refractivity contribution in [1.82, 2.24) is 0 Å². The lowest BCUT2D eigenvalue weighted by Gasteiger charge is -2.30. The molecule has 0 bridgehead atoms. The van der Waals surface area contributed by atoms with Gasteiger partial charge in [0.05, 0.1) is 16.8 Å². The summed E-state index contributed by atoms with van der Waals surface area (Å²) in [6, 6.07) is 68.7. The average Bonchev–Trinajstić information content (AvgIpc) is 3.91. The monoisotopic (exact) mass is 759 g/mol. The maximum Gasteiger partial charge on any atom is 0.144 e. The van der Waals surface area contributed by atoms with Gasteiger partial charge in [0.2, 0.25) is 0 Å². The number of hydrogen-bond acceptors (Lipinski definition) is 3. The Morgan fingerprint density at radius 3 is 2.05 bits per heavy atom. The zero-order valence-corrected chi connectivity index (χ0v) is 33.0. The van der Waals surface area contributed by atoms with Crippen LogP contribution in [0.2, 0.25) is 0 Å². The summed E-state index contributed by atoms with van der Waals surface area (Å²) >= 11 is 1.86. The third kappa shape index (κ3) is 4.77. The second-order valence-electron chi connectivity index (χ2n) is 16.0. The molecule has 58 heavy (non-hydrogen) atoms. The van der Waals surface area contributed by atoms with Crippen LogP contribution in [0.15, 0.2) is 192 Å². The molecule has 0 spiro atoms. The topological polar surface area (TPSA) is 16.4 Å². The predicted molar refractivity (Wildman–Crippen MR) is 247 cm³/mol. The Morgan fingerprint density at radius 1 is 0.483 bits per heavy atom. The summed E-state index contributed by atoms with van der Waals surface area (Å²) in [6.07, 6.45) is 0. The van der Waals surface area contributed by atoms with E-state index in [-0.39, 0.29) is 5.41 Å². The number of furan rings is 1. The van der Waals surface area contributed by atoms with Crippen LogP contribution in [0, 0.1) is 0 Å². The molecule has 0 radical (unpaired) electrons. The molecule has 1 aliphatic carbocycles. The van der Waals surface area contributed by atoms with Gasteiger partial charge in [-0.3, -0.25) is 0 Å². The van der Waals surface area contributed by atoms with Crippen molar-refractivity contribution in [3.8, 4) is 33.4 Å². The van der Waals surface area contributed by atoms with Crippen LogP contribution in [0.3, 0.4) is 0 Å². The normalized spacial score (nSPS) is 13.1. The first-order valence-corrected chi connectivity index (χ1v) is 20.8. The summed E-state index contributed by atoms with van der Waals surface area (Å²) in [4.78, 5) is 2.47. The van der Waals surface area contributed by atoms with Crippen molar-refractivity contribution in [2.45, 2.75) is 19.3 Å². The van der Waals surface area contributed by atoms with E-state index >= 15 is 0 Å². The Kier molecular flexibility index (Phi) is 7.18. The minimum absolute atomic E-state index is 0.150. The van der Waals surface area contributed by atoms with E-state index in [4.69, 9.17) is 4.42 Å². The molecule has 0 saturated heterocycles. The summed E-state index contributed by atoms with van der Waals surface area (Å²) in [5.74, 6) is 0. The van der Waals surface area contributed by atoms with E-state index in [9.17, 15) is 0 Å². The van der Waals surface area contributed by atoms with E-state index in [1.807, 2.05) is 11.3 Å². The lowest BCUT2D eigenvalue weighted by molar-refractivity contribution is 0.660. The number of thiophene rings is 1. The third-order valence-electron chi connectivity index (χ3n) is 12.5. The maximum absolute atomic E-state index is 7.17. The highest BCUT2D eigenvalue weighted by Crippen LogP contribution is 2.53. The Hall–Kier alpha value is -6.94. The SMILES string of the molecule is CC1(C)c2ccccc2-c2ccc(N(c3ccccc3-c3ccccc3)c3cccc4oc5c(-c6cccc7c6sc6ccccc67)c6ccccc6cc5c34)cc21. The van der Waals surface area contributed by atoms with Crippen LogP contribution in [-0.2, 0) is 5.41 Å². The Morgan fingerprint density at radius 2 is 1.16 bits per heavy atom. The van der Waals surface area contributed by atoms with Gasteiger partial charge in [-0.15, -0.1) is 11.3 Å². The number of fused-ring (bicyclic) bond motifs is 10. The maximum atomic E-state index is 7.17. The molecule has 0 fully saturated rings. The largest absolute Gasteiger partial charge is 0.455 e. The van der Waals surface area contributed by atoms with E-state index in [1.165, 1.54) is 69.9 Å². The Bertz CT molecular complexity index is 3440. The van der Waals surface area contributed by atoms with Crippen LogP contribution in [0.25, 0.3) is 86.3 Å². The molecule has 1 aliphatic rings. The van der Waals surface area contributed by atoms with Gasteiger partial charge in [-0.2, -0.15) is 0 Å². The van der Waals surface area contributed by atoms with E-state index in [0.29, 0.717) is 0 Å². The molecule has 0 saturated carbocycles. The summed E-state index contributed by atoms with van der Waals surface area (Å²) < 4.78 is 9.75. The van der Waals surface area contributed by atoms with Gasteiger partial charge < -0.3 is 9.32 Å². The number of rotatable bonds is 5. The highest BCUT2D eigenvalue weighted by atomic mass is 32.1. The van der Waals surface area contributed by atoms with Gasteiger partial charge in [0.15, 0.2) is 0 Å². The van der Waals surface area contributed by atoms with E-state index in [2.05, 4.69) is 207 Å². The molecule has 9 aromatic carbocycles. The number of para-hydroxylation sites is 1. The summed E-state index contributed by atoms with van der Waals surface area (Å²) in [5.41, 5.74) is 14.9. The van der Waals surface area contributed by atoms with Crippen LogP contribution < -0.4 is 4.90 Å². The highest BCUT2D eigenvalue weighted by molar-refractivity contribution is 7.26. The summed E-state index contributed by atoms with van der Waals surface area (Å²) in [5, 5.41) is 7.15. The molecule has 2 aromatic heterocycles. The molecule has 0 N–H and O–H groups in total. The molecular weight excluding hydrogens is 723 g/mol. The molecule has 0 atom stereocenters. The summed E-state index contributed by atoms with van der Waals surface area (Å²) in [6.45, 7) is 4.72. The lowest BCUT2D eigenvalue weighted by Crippen LogP contribution is -2.17. The van der Waals surface area contributed by atoms with Crippen LogP contribution in [0.5, 0.6) is 0 Å². The second kappa shape index (κ2) is 12.5. The van der Waals surface area contributed by atoms with Crippen molar-refractivity contribution in [1.29, 1.82) is 0 Å². The molecule has 2 heterocycles. The predicted octanol–water partition coefficient (Wildman–Crippen LogP) is 16.2. The second-order valence-corrected chi connectivity index (χ2v) is 17.1. The van der Waals surface area contributed by atoms with Crippen molar-refractivity contribution in [3.63, 3.8) is 0 Å². The van der Waals surface area contributed by atoms with Gasteiger partial charge in [0, 0.05) is 53.4 Å². The quantitative estimate of drug-likeness (QED) is 0.174. The van der Waals surface area contributed by atoms with E-state index in [1.54, 1.807) is 0 Å². The van der Waals surface area contributed by atoms with Gasteiger partial charge in [-0.05, 0) is 81.1 Å². The van der Waals surface area contributed by atoms with Crippen molar-refractivity contribution < 1.29 is 4.42 Å². The molecule has 0 aliphatic heterocycles. The molecule has 3 heteroatoms. The minimum Gasteiger partial charge on any atom is -0.455 e. The van der Waals surface area contributed by atoms with Gasteiger partial charge in [0.25, 0.3) is 0 Å². The molecule has 12 rings (SSSR count). The number of anilines is 3. The van der Waals surface area contributed by atoms with Crippen molar-refractivity contribution in [3.05, 3.63) is 199 Å². The van der Waals surface area contributed by atoms with Crippen molar-refractivity contribution in [2.75, 3.05) is 4.90 Å². The van der Waals surface area contributed by atoms with E-state index in [0.717, 1.165) is 44.6 Å². The molecule has 11 aromatic rings. The standard InChI is InChI=1S/C55H37NOS/c1-55(2)45-25-11-8-21-39(45)40-31-30-36(33-46(40)55)56(47-26-12-9-19-37(47)34-16-4-3-5-17-34)48-27-15-28-49-52(48)44-32-35-18-6-7-20-38(35)51(53(44)57-49)43-24-14-23-42-41-22-10-13-29-50(41)58-54(42)43/h3-33H,1-2H3. The fourth-order valence-electron chi connectivity index (χ4n) is 9.77.